The number of anilines is 1. The van der Waals surface area contributed by atoms with Crippen LogP contribution in [0.1, 0.15) is 29.4 Å². The lowest BCUT2D eigenvalue weighted by atomic mass is 10.1. The van der Waals surface area contributed by atoms with E-state index in [4.69, 9.17) is 4.74 Å². The number of aromatic amines is 1. The Balaban J connectivity index is 1.31. The van der Waals surface area contributed by atoms with Gasteiger partial charge < -0.3 is 14.6 Å². The van der Waals surface area contributed by atoms with Gasteiger partial charge in [-0.2, -0.15) is 0 Å². The molecule has 184 valence electrons. The highest BCUT2D eigenvalue weighted by molar-refractivity contribution is 5.90. The Labute approximate surface area is 201 Å². The average molecular weight is 483 g/mol. The quantitative estimate of drug-likeness (QED) is 0.297. The molecule has 4 rings (SSSR count). The van der Waals surface area contributed by atoms with Crippen molar-refractivity contribution in [3.63, 3.8) is 0 Å². The number of nitrogens with zero attached hydrogens (tertiary/aromatic N) is 3. The van der Waals surface area contributed by atoms with Gasteiger partial charge in [-0.3, -0.25) is 19.8 Å². The standard InChI is InChI=1S/C25H27FN4O5/c1-2-35-25(32)17-5-7-20(8-6-17)29-12-10-28(11-13-29)9-3-4-19-16-21-22(24(31)27-19)14-18(26)15-23(21)30(33)34/h5-8,14-16H,2-4,9-13H2,1H3,(H,27,31). The van der Waals surface area contributed by atoms with Gasteiger partial charge in [0.05, 0.1) is 33.9 Å². The van der Waals surface area contributed by atoms with Gasteiger partial charge in [0, 0.05) is 37.6 Å². The van der Waals surface area contributed by atoms with E-state index in [9.17, 15) is 24.1 Å². The van der Waals surface area contributed by atoms with Crippen LogP contribution in [0.2, 0.25) is 0 Å². The lowest BCUT2D eigenvalue weighted by molar-refractivity contribution is -0.383. The molecule has 0 bridgehead atoms. The summed E-state index contributed by atoms with van der Waals surface area (Å²) in [5.74, 6) is -1.13. The van der Waals surface area contributed by atoms with Gasteiger partial charge in [-0.05, 0) is 62.7 Å². The SMILES string of the molecule is CCOC(=O)c1ccc(N2CCN(CCCc3cc4c([N+](=O)[O-])cc(F)cc4c(=O)[nH]3)CC2)cc1. The summed E-state index contributed by atoms with van der Waals surface area (Å²) in [7, 11) is 0. The number of piperazine rings is 1. The first-order chi connectivity index (χ1) is 16.9. The number of pyridine rings is 1. The summed E-state index contributed by atoms with van der Waals surface area (Å²) in [5, 5.41) is 11.4. The Morgan fingerprint density at radius 1 is 1.11 bits per heavy atom. The van der Waals surface area contributed by atoms with E-state index in [0.29, 0.717) is 24.3 Å². The molecule has 3 aromatic rings. The van der Waals surface area contributed by atoms with E-state index >= 15 is 0 Å². The van der Waals surface area contributed by atoms with Crippen molar-refractivity contribution in [1.29, 1.82) is 0 Å². The molecule has 1 fully saturated rings. The van der Waals surface area contributed by atoms with Gasteiger partial charge in [0.25, 0.3) is 11.2 Å². The number of fused-ring (bicyclic) bond motifs is 1. The largest absolute Gasteiger partial charge is 0.462 e. The van der Waals surface area contributed by atoms with Gasteiger partial charge >= 0.3 is 5.97 Å². The molecule has 0 radical (unpaired) electrons. The number of nitro benzene ring substituents is 1. The van der Waals surface area contributed by atoms with Crippen LogP contribution in [0, 0.1) is 15.9 Å². The number of rotatable bonds is 8. The molecule has 1 aliphatic heterocycles. The van der Waals surface area contributed by atoms with Crippen LogP contribution in [-0.4, -0.2) is 60.1 Å². The molecular weight excluding hydrogens is 455 g/mol. The molecule has 1 saturated heterocycles. The smallest absolute Gasteiger partial charge is 0.338 e. The van der Waals surface area contributed by atoms with Crippen LogP contribution in [0.4, 0.5) is 15.8 Å². The molecule has 0 unspecified atom stereocenters. The minimum Gasteiger partial charge on any atom is -0.462 e. The summed E-state index contributed by atoms with van der Waals surface area (Å²) < 4.78 is 18.7. The monoisotopic (exact) mass is 482 g/mol. The first kappa shape index (κ1) is 24.3. The molecule has 2 heterocycles. The summed E-state index contributed by atoms with van der Waals surface area (Å²) in [4.78, 5) is 42.1. The molecule has 0 saturated carbocycles. The van der Waals surface area contributed by atoms with Crippen LogP contribution in [0.25, 0.3) is 10.8 Å². The van der Waals surface area contributed by atoms with Crippen molar-refractivity contribution < 1.29 is 18.8 Å². The molecule has 0 aliphatic carbocycles. The number of H-pyrrole nitrogens is 1. The van der Waals surface area contributed by atoms with Gasteiger partial charge in [-0.15, -0.1) is 0 Å². The number of nitrogens with one attached hydrogen (secondary N) is 1. The maximum atomic E-state index is 13.7. The molecule has 0 amide bonds. The van der Waals surface area contributed by atoms with Crippen LogP contribution in [0.15, 0.2) is 47.3 Å². The van der Waals surface area contributed by atoms with Crippen LogP contribution in [-0.2, 0) is 11.2 Å². The second-order valence-corrected chi connectivity index (χ2v) is 8.47. The Kier molecular flexibility index (Phi) is 7.40. The van der Waals surface area contributed by atoms with Crippen molar-refractivity contribution in [3.8, 4) is 0 Å². The lowest BCUT2D eigenvalue weighted by Gasteiger charge is -2.36. The third-order valence-corrected chi connectivity index (χ3v) is 6.19. The fourth-order valence-corrected chi connectivity index (χ4v) is 4.40. The first-order valence-electron chi connectivity index (χ1n) is 11.6. The molecule has 0 spiro atoms. The van der Waals surface area contributed by atoms with E-state index in [2.05, 4.69) is 14.8 Å². The van der Waals surface area contributed by atoms with E-state index in [0.717, 1.165) is 57.0 Å². The number of carbonyl (C=O) groups excluding carboxylic acids is 1. The third kappa shape index (κ3) is 5.65. The van der Waals surface area contributed by atoms with Crippen LogP contribution >= 0.6 is 0 Å². The zero-order valence-electron chi connectivity index (χ0n) is 19.5. The first-order valence-corrected chi connectivity index (χ1v) is 11.6. The number of carbonyl (C=O) groups is 1. The topological polar surface area (TPSA) is 109 Å². The summed E-state index contributed by atoms with van der Waals surface area (Å²) >= 11 is 0. The van der Waals surface area contributed by atoms with Crippen LogP contribution in [0.5, 0.6) is 0 Å². The molecule has 35 heavy (non-hydrogen) atoms. The van der Waals surface area contributed by atoms with Gasteiger partial charge in [0.1, 0.15) is 5.82 Å². The second-order valence-electron chi connectivity index (χ2n) is 8.47. The fourth-order valence-electron chi connectivity index (χ4n) is 4.40. The number of nitro groups is 1. The molecule has 1 aromatic heterocycles. The summed E-state index contributed by atoms with van der Waals surface area (Å²) in [6.07, 6.45) is 1.32. The second kappa shape index (κ2) is 10.6. The number of benzene rings is 2. The maximum absolute atomic E-state index is 13.7. The maximum Gasteiger partial charge on any atom is 0.338 e. The van der Waals surface area contributed by atoms with E-state index in [1.807, 2.05) is 12.1 Å². The molecular formula is C25H27FN4O5. The van der Waals surface area contributed by atoms with Crippen molar-refractivity contribution in [2.75, 3.05) is 44.2 Å². The minimum absolute atomic E-state index is 0.0214. The van der Waals surface area contributed by atoms with Gasteiger partial charge in [-0.1, -0.05) is 0 Å². The summed E-state index contributed by atoms with van der Waals surface area (Å²) in [6.45, 7) is 6.39. The van der Waals surface area contributed by atoms with E-state index < -0.39 is 22.0 Å². The van der Waals surface area contributed by atoms with E-state index in [1.165, 1.54) is 0 Å². The van der Waals surface area contributed by atoms with E-state index in [-0.39, 0.29) is 16.7 Å². The summed E-state index contributed by atoms with van der Waals surface area (Å²) in [6, 6.07) is 10.9. The summed E-state index contributed by atoms with van der Waals surface area (Å²) in [5.41, 5.74) is 1.26. The van der Waals surface area contributed by atoms with Crippen molar-refractivity contribution >= 4 is 28.1 Å². The van der Waals surface area contributed by atoms with Gasteiger partial charge in [-0.25, -0.2) is 9.18 Å². The molecule has 10 heteroatoms. The van der Waals surface area contributed by atoms with Crippen molar-refractivity contribution in [3.05, 3.63) is 80.0 Å². The molecule has 9 nitrogen and oxygen atoms in total. The average Bonchev–Trinajstić information content (AvgIpc) is 2.85. The number of aryl methyl sites for hydroxylation is 1. The number of ether oxygens (including phenoxy) is 1. The highest BCUT2D eigenvalue weighted by Gasteiger charge is 2.19. The van der Waals surface area contributed by atoms with Gasteiger partial charge in [0.2, 0.25) is 0 Å². The Bertz CT molecular complexity index is 1280. The molecule has 1 N–H and O–H groups in total. The number of hydrogen-bond donors (Lipinski definition) is 1. The molecule has 1 aliphatic rings. The van der Waals surface area contributed by atoms with Crippen LogP contribution < -0.4 is 10.5 Å². The molecule has 0 atom stereocenters. The predicted octanol–water partition coefficient (Wildman–Crippen LogP) is 3.51. The Morgan fingerprint density at radius 2 is 1.83 bits per heavy atom. The predicted molar refractivity (Wildman–Crippen MR) is 131 cm³/mol. The minimum atomic E-state index is -0.809. The van der Waals surface area contributed by atoms with Gasteiger partial charge in [0.15, 0.2) is 0 Å². The highest BCUT2D eigenvalue weighted by atomic mass is 19.1. The van der Waals surface area contributed by atoms with E-state index in [1.54, 1.807) is 25.1 Å². The number of non-ortho nitro benzene ring substituents is 1. The highest BCUT2D eigenvalue weighted by Crippen LogP contribution is 2.25. The number of hydrogen-bond acceptors (Lipinski definition) is 7. The van der Waals surface area contributed by atoms with Crippen molar-refractivity contribution in [1.82, 2.24) is 9.88 Å². The fraction of sp³-hybridized carbons (Fsp3) is 0.360. The van der Waals surface area contributed by atoms with Crippen molar-refractivity contribution in [2.24, 2.45) is 0 Å². The number of esters is 1. The van der Waals surface area contributed by atoms with Crippen LogP contribution in [0.3, 0.4) is 0 Å². The Morgan fingerprint density at radius 3 is 2.49 bits per heavy atom. The third-order valence-electron chi connectivity index (χ3n) is 6.19. The number of halogens is 1. The zero-order valence-corrected chi connectivity index (χ0v) is 19.5. The zero-order chi connectivity index (χ0) is 24.9. The normalized spacial score (nSPS) is 14.3. The lowest BCUT2D eigenvalue weighted by Crippen LogP contribution is -2.46. The Hall–Kier alpha value is -3.79. The molecule has 2 aromatic carbocycles. The van der Waals surface area contributed by atoms with Crippen molar-refractivity contribution in [2.45, 2.75) is 19.8 Å². The number of aromatic nitrogens is 1.